The van der Waals surface area contributed by atoms with Crippen LogP contribution in [0.1, 0.15) is 79.0 Å². The Bertz CT molecular complexity index is 1580. The number of hydrogen-bond acceptors (Lipinski definition) is 11. The van der Waals surface area contributed by atoms with Crippen molar-refractivity contribution < 1.29 is 37.4 Å². The van der Waals surface area contributed by atoms with Gasteiger partial charge in [-0.15, -0.1) is 10.2 Å². The van der Waals surface area contributed by atoms with Gasteiger partial charge in [0, 0.05) is 26.4 Å². The van der Waals surface area contributed by atoms with E-state index >= 15 is 0 Å². The van der Waals surface area contributed by atoms with Gasteiger partial charge in [0.1, 0.15) is 11.6 Å². The second-order valence-corrected chi connectivity index (χ2v) is 11.3. The number of carbonyl (C=O) groups is 3. The fourth-order valence-corrected chi connectivity index (χ4v) is 4.06. The lowest BCUT2D eigenvalue weighted by atomic mass is 10.0. The highest BCUT2D eigenvalue weighted by Gasteiger charge is 2.35. The monoisotopic (exact) mass is 614 g/mol. The van der Waals surface area contributed by atoms with Crippen molar-refractivity contribution in [2.24, 2.45) is 18.9 Å². The number of benzene rings is 1. The molecule has 2 heterocycles. The highest BCUT2D eigenvalue weighted by atomic mass is 19.1. The fraction of sp³-hybridized carbons (Fsp3) is 0.483. The Hall–Kier alpha value is -4.82. The van der Waals surface area contributed by atoms with E-state index in [1.54, 1.807) is 27.7 Å². The number of carbonyl (C=O) groups excluding carboxylic acids is 3. The highest BCUT2D eigenvalue weighted by molar-refractivity contribution is 5.95. The fourth-order valence-electron chi connectivity index (χ4n) is 4.06. The van der Waals surface area contributed by atoms with Gasteiger partial charge in [-0.1, -0.05) is 26.0 Å². The molecule has 15 heteroatoms. The first-order valence-corrected chi connectivity index (χ1v) is 14.0. The third-order valence-electron chi connectivity index (χ3n) is 6.66. The van der Waals surface area contributed by atoms with Crippen LogP contribution in [0.2, 0.25) is 0 Å². The van der Waals surface area contributed by atoms with Crippen molar-refractivity contribution >= 4 is 18.0 Å². The van der Waals surface area contributed by atoms with Crippen LogP contribution in [0.25, 0.3) is 0 Å². The maximum absolute atomic E-state index is 13.8. The molecule has 1 unspecified atom stereocenters. The van der Waals surface area contributed by atoms with Crippen molar-refractivity contribution in [1.82, 2.24) is 30.4 Å². The quantitative estimate of drug-likeness (QED) is 0.226. The summed E-state index contributed by atoms with van der Waals surface area (Å²) in [5.41, 5.74) is -1.99. The summed E-state index contributed by atoms with van der Waals surface area (Å²) in [5.74, 6) is -2.77. The molecular weight excluding hydrogens is 579 g/mol. The van der Waals surface area contributed by atoms with Crippen LogP contribution >= 0.6 is 0 Å². The van der Waals surface area contributed by atoms with Gasteiger partial charge in [0.05, 0.1) is 12.1 Å². The highest BCUT2D eigenvalue weighted by Crippen LogP contribution is 2.29. The zero-order valence-electron chi connectivity index (χ0n) is 25.3. The third kappa shape index (κ3) is 7.96. The molecule has 1 aliphatic carbocycles. The van der Waals surface area contributed by atoms with E-state index in [4.69, 9.17) is 18.6 Å². The molecule has 1 aliphatic rings. The Kier molecular flexibility index (Phi) is 9.65. The van der Waals surface area contributed by atoms with Gasteiger partial charge in [-0.2, -0.15) is 0 Å². The predicted octanol–water partition coefficient (Wildman–Crippen LogP) is 3.13. The molecule has 44 heavy (non-hydrogen) atoms. The molecule has 14 nitrogen and oxygen atoms in total. The molecule has 0 bridgehead atoms. The summed E-state index contributed by atoms with van der Waals surface area (Å²) in [6, 6.07) is 5.47. The second kappa shape index (κ2) is 13.2. The topological polar surface area (TPSA) is 177 Å². The van der Waals surface area contributed by atoms with Crippen LogP contribution in [0.5, 0.6) is 5.75 Å². The van der Waals surface area contributed by atoms with E-state index in [2.05, 4.69) is 25.8 Å². The number of nitrogens with one attached hydrogen (secondary N) is 2. The van der Waals surface area contributed by atoms with Crippen molar-refractivity contribution in [3.63, 3.8) is 0 Å². The van der Waals surface area contributed by atoms with E-state index in [-0.39, 0.29) is 30.8 Å². The van der Waals surface area contributed by atoms with Crippen LogP contribution in [0.15, 0.2) is 33.5 Å². The Balaban J connectivity index is 1.67. The summed E-state index contributed by atoms with van der Waals surface area (Å²) in [7, 11) is 1.39. The number of nitrogens with zero attached hydrogens (tertiary/aromatic N) is 4. The molecule has 0 saturated heterocycles. The van der Waals surface area contributed by atoms with Crippen molar-refractivity contribution in [2.75, 3.05) is 6.61 Å². The van der Waals surface area contributed by atoms with Gasteiger partial charge in [-0.25, -0.2) is 14.2 Å². The first-order valence-electron chi connectivity index (χ1n) is 14.0. The van der Waals surface area contributed by atoms with E-state index in [1.807, 2.05) is 0 Å². The Morgan fingerprint density at radius 3 is 2.41 bits per heavy atom. The largest absolute Gasteiger partial charge is 0.511 e. The van der Waals surface area contributed by atoms with Gasteiger partial charge in [-0.05, 0) is 50.3 Å². The van der Waals surface area contributed by atoms with E-state index in [9.17, 15) is 23.6 Å². The van der Waals surface area contributed by atoms with Gasteiger partial charge in [-0.3, -0.25) is 19.0 Å². The van der Waals surface area contributed by atoms with Gasteiger partial charge in [0.2, 0.25) is 11.6 Å². The van der Waals surface area contributed by atoms with E-state index in [0.29, 0.717) is 11.5 Å². The molecule has 0 aliphatic heterocycles. The van der Waals surface area contributed by atoms with Crippen molar-refractivity contribution in [3.8, 4) is 5.75 Å². The van der Waals surface area contributed by atoms with Crippen LogP contribution in [0.3, 0.4) is 0 Å². The number of amides is 2. The van der Waals surface area contributed by atoms with Crippen molar-refractivity contribution in [3.05, 3.63) is 69.3 Å². The van der Waals surface area contributed by atoms with Gasteiger partial charge < -0.3 is 29.3 Å². The normalized spacial score (nSPS) is 13.7. The first-order chi connectivity index (χ1) is 20.7. The molecular formula is C29H35FN6O8. The molecule has 1 saturated carbocycles. The molecule has 1 atom stereocenters. The van der Waals surface area contributed by atoms with Gasteiger partial charge in [0.15, 0.2) is 5.69 Å². The van der Waals surface area contributed by atoms with Crippen molar-refractivity contribution in [2.45, 2.75) is 65.8 Å². The molecule has 0 spiro atoms. The number of hydrogen-bond donors (Lipinski definition) is 2. The average Bonchev–Trinajstić information content (AvgIpc) is 3.70. The van der Waals surface area contributed by atoms with Crippen LogP contribution < -0.4 is 20.9 Å². The Morgan fingerprint density at radius 2 is 1.82 bits per heavy atom. The molecule has 1 fully saturated rings. The molecule has 2 amide bonds. The van der Waals surface area contributed by atoms with Crippen molar-refractivity contribution in [1.29, 1.82) is 0 Å². The molecule has 3 aromatic rings. The third-order valence-corrected chi connectivity index (χ3v) is 6.66. The summed E-state index contributed by atoms with van der Waals surface area (Å²) in [6.45, 7) is 8.21. The molecule has 236 valence electrons. The average molecular weight is 615 g/mol. The van der Waals surface area contributed by atoms with Crippen LogP contribution in [0.4, 0.5) is 9.18 Å². The standard InChI is InChI=1S/C29H35FN6O8/c1-15(2)26(44-28(40)41-14-18-7-8-18)43-21-20(22(37)31-13-17-9-11-19(30)12-10-17)32-27(36(6)25(21)39)29(4,5)33-23(38)24-35-34-16(3)42-24/h9-12,15,18,26H,7-8,13-14H2,1-6H3,(H,31,37)(H,33,38). The van der Waals surface area contributed by atoms with E-state index in [1.165, 1.54) is 38.2 Å². The SMILES string of the molecule is Cc1nnc(C(=O)NC(C)(C)c2nc(C(=O)NCc3ccc(F)cc3)c(OC(OC(=O)OCC3CC3)C(C)C)c(=O)n2C)o1. The summed E-state index contributed by atoms with van der Waals surface area (Å²) < 4.78 is 36.0. The van der Waals surface area contributed by atoms with Gasteiger partial charge >= 0.3 is 18.0 Å². The lowest BCUT2D eigenvalue weighted by Crippen LogP contribution is -2.46. The molecule has 0 radical (unpaired) electrons. The molecule has 2 N–H and O–H groups in total. The minimum atomic E-state index is -1.35. The summed E-state index contributed by atoms with van der Waals surface area (Å²) in [4.78, 5) is 56.9. The van der Waals surface area contributed by atoms with E-state index in [0.717, 1.165) is 17.4 Å². The molecule has 1 aromatic carbocycles. The maximum atomic E-state index is 13.8. The Labute approximate surface area is 252 Å². The zero-order valence-corrected chi connectivity index (χ0v) is 25.3. The number of rotatable bonds is 12. The Morgan fingerprint density at radius 1 is 1.14 bits per heavy atom. The van der Waals surface area contributed by atoms with Crippen LogP contribution in [-0.4, -0.2) is 50.6 Å². The summed E-state index contributed by atoms with van der Waals surface area (Å²) in [5, 5.41) is 12.7. The summed E-state index contributed by atoms with van der Waals surface area (Å²) in [6.07, 6.45) is -0.348. The molecule has 4 rings (SSSR count). The smallest absolute Gasteiger partial charge is 0.446 e. The van der Waals surface area contributed by atoms with Crippen LogP contribution in [-0.2, 0) is 28.6 Å². The second-order valence-electron chi connectivity index (χ2n) is 11.3. The predicted molar refractivity (Wildman–Crippen MR) is 151 cm³/mol. The maximum Gasteiger partial charge on any atom is 0.511 e. The number of aromatic nitrogens is 4. The number of halogens is 1. The van der Waals surface area contributed by atoms with E-state index < -0.39 is 58.5 Å². The zero-order chi connectivity index (χ0) is 32.2. The minimum absolute atomic E-state index is 0.0165. The molecule has 2 aromatic heterocycles. The lowest BCUT2D eigenvalue weighted by molar-refractivity contribution is -0.0899. The van der Waals surface area contributed by atoms with Gasteiger partial charge in [0.25, 0.3) is 17.8 Å². The number of aryl methyl sites for hydroxylation is 1. The summed E-state index contributed by atoms with van der Waals surface area (Å²) >= 11 is 0. The minimum Gasteiger partial charge on any atom is -0.446 e. The first kappa shape index (κ1) is 32.1. The van der Waals surface area contributed by atoms with Crippen LogP contribution in [0, 0.1) is 24.6 Å². The number of ether oxygens (including phenoxy) is 3. The lowest BCUT2D eigenvalue weighted by Gasteiger charge is -2.28.